The Kier molecular flexibility index (Phi) is 15.8. The van der Waals surface area contributed by atoms with Crippen molar-refractivity contribution in [2.75, 3.05) is 0 Å². The van der Waals surface area contributed by atoms with E-state index in [2.05, 4.69) is 338 Å². The van der Waals surface area contributed by atoms with Gasteiger partial charge in [-0.15, -0.1) is 0 Å². The fourth-order valence-electron chi connectivity index (χ4n) is 14.8. The highest BCUT2D eigenvalue weighted by molar-refractivity contribution is 6.21. The molecule has 4 heterocycles. The molecule has 105 heavy (non-hydrogen) atoms. The zero-order valence-electron chi connectivity index (χ0n) is 57.0. The van der Waals surface area contributed by atoms with Crippen LogP contribution < -0.4 is 0 Å². The van der Waals surface area contributed by atoms with Crippen molar-refractivity contribution < 1.29 is 0 Å². The Bertz CT molecular complexity index is 6220. The highest BCUT2D eigenvalue weighted by Gasteiger charge is 2.26. The van der Waals surface area contributed by atoms with E-state index in [-0.39, 0.29) is 0 Å². The van der Waals surface area contributed by atoms with Crippen molar-refractivity contribution in [1.29, 1.82) is 0 Å². The van der Waals surface area contributed by atoms with Gasteiger partial charge in [-0.1, -0.05) is 303 Å². The normalized spacial score (nSPS) is 11.4. The minimum absolute atomic E-state index is 0.631. The van der Waals surface area contributed by atoms with Gasteiger partial charge in [-0.2, -0.15) is 0 Å². The molecule has 7 nitrogen and oxygen atoms in total. The fourth-order valence-corrected chi connectivity index (χ4v) is 14.8. The van der Waals surface area contributed by atoms with Gasteiger partial charge in [0.25, 0.3) is 0 Å². The van der Waals surface area contributed by atoms with Crippen LogP contribution in [0.2, 0.25) is 0 Å². The van der Waals surface area contributed by atoms with Gasteiger partial charge < -0.3 is 0 Å². The van der Waals surface area contributed by atoms with Crippen molar-refractivity contribution >= 4 is 43.4 Å². The van der Waals surface area contributed by atoms with Gasteiger partial charge in [-0.25, -0.2) is 29.9 Å². The predicted octanol–water partition coefficient (Wildman–Crippen LogP) is 25.1. The fraction of sp³-hybridized carbons (Fsp3) is 0. The molecule has 4 aromatic heterocycles. The largest absolute Gasteiger partial charge is 0.292 e. The first-order valence-corrected chi connectivity index (χ1v) is 35.5. The monoisotopic (exact) mass is 1340 g/mol. The maximum Gasteiger partial charge on any atom is 0.160 e. The molecule has 0 N–H and O–H groups in total. The average Bonchev–Trinajstić information content (AvgIpc) is 1.60. The SMILES string of the molecule is c1ccc(-c2cc(-c3cc(-c4cc(-c5ccccc5)nc(-c5ccccc5)n4)cc(-c4cc(-c5ccccc5)nc(-c5ccccc5)n4)c3)cc(-c3cccc(-c4ccc5cc(-c6c7ccccc7c(-c7ccc8ccccc8c7)c7nc(-c8ccccc8)n(-c8ccccc8)c67)ccc5c4)c3)n2)cc1. The molecule has 0 saturated carbocycles. The molecule has 7 heteroatoms. The number of imidazole rings is 1. The summed E-state index contributed by atoms with van der Waals surface area (Å²) in [4.78, 5) is 32.5. The smallest absolute Gasteiger partial charge is 0.160 e. The standard InChI is InChI=1S/C98H63N7/c1-8-28-65(29-9-1)86-60-80(79-57-81(90-62-88(66-30-10-2-11-31-66)100-96(102-90)68-34-14-4-15-35-68)59-82(58-79)91-63-89(67-32-12-3-13-33-67)101-97(103-91)69-36-16-5-17-37-69)61-87(99-86)76-42-26-41-72(54-76)73-48-49-75-56-78(52-50-74(75)53-73)93-85-46-25-24-45-84(85)92(77-51-47-64-27-22-23-40-71(64)55-77)94-95(93)105(83-43-20-7-21-44-83)98(104-94)70-38-18-6-19-39-70/h1-63H. The Balaban J connectivity index is 0.758. The van der Waals surface area contributed by atoms with Crippen LogP contribution in [0, 0.1) is 0 Å². The van der Waals surface area contributed by atoms with Crippen LogP contribution in [0.5, 0.6) is 0 Å². The maximum atomic E-state index is 5.75. The van der Waals surface area contributed by atoms with Crippen molar-refractivity contribution in [2.24, 2.45) is 0 Å². The summed E-state index contributed by atoms with van der Waals surface area (Å²) in [5.74, 6) is 2.15. The van der Waals surface area contributed by atoms with E-state index < -0.39 is 0 Å². The molecule has 0 aliphatic rings. The van der Waals surface area contributed by atoms with Crippen LogP contribution in [0.1, 0.15) is 0 Å². The average molecular weight is 1340 g/mol. The van der Waals surface area contributed by atoms with Crippen LogP contribution in [0.25, 0.3) is 195 Å². The molecule has 0 fully saturated rings. The second kappa shape index (κ2) is 26.8. The summed E-state index contributed by atoms with van der Waals surface area (Å²) in [5, 5.41) is 6.94. The van der Waals surface area contributed by atoms with Gasteiger partial charge in [0.1, 0.15) is 5.82 Å². The lowest BCUT2D eigenvalue weighted by atomic mass is 9.88. The van der Waals surface area contributed by atoms with E-state index >= 15 is 0 Å². The first-order valence-electron chi connectivity index (χ1n) is 35.5. The summed E-state index contributed by atoms with van der Waals surface area (Å²) in [6.07, 6.45) is 0. The lowest BCUT2D eigenvalue weighted by Crippen LogP contribution is -1.99. The highest BCUT2D eigenvalue weighted by atomic mass is 15.1. The third kappa shape index (κ3) is 12.0. The number of hydrogen-bond acceptors (Lipinski definition) is 6. The van der Waals surface area contributed by atoms with Crippen molar-refractivity contribution in [3.8, 4) is 152 Å². The minimum atomic E-state index is 0.631. The first-order chi connectivity index (χ1) is 52.0. The lowest BCUT2D eigenvalue weighted by molar-refractivity contribution is 1.10. The van der Waals surface area contributed by atoms with Gasteiger partial charge in [0.05, 0.1) is 45.2 Å². The predicted molar refractivity (Wildman–Crippen MR) is 433 cm³/mol. The van der Waals surface area contributed by atoms with Gasteiger partial charge >= 0.3 is 0 Å². The van der Waals surface area contributed by atoms with Crippen LogP contribution >= 0.6 is 0 Å². The number of pyridine rings is 1. The summed E-state index contributed by atoms with van der Waals surface area (Å²) < 4.78 is 2.38. The number of para-hydroxylation sites is 1. The topological polar surface area (TPSA) is 82.3 Å². The van der Waals surface area contributed by atoms with Crippen molar-refractivity contribution in [2.45, 2.75) is 0 Å². The van der Waals surface area contributed by atoms with E-state index in [1.165, 1.54) is 10.8 Å². The number of hydrogen-bond donors (Lipinski definition) is 0. The van der Waals surface area contributed by atoms with Crippen LogP contribution in [-0.2, 0) is 0 Å². The van der Waals surface area contributed by atoms with Crippen LogP contribution in [0.4, 0.5) is 0 Å². The Labute approximate surface area is 608 Å². The lowest BCUT2D eigenvalue weighted by Gasteiger charge is -2.18. The summed E-state index contributed by atoms with van der Waals surface area (Å²) in [7, 11) is 0. The molecule has 0 radical (unpaired) electrons. The first kappa shape index (κ1) is 61.9. The molecular weight excluding hydrogens is 1280 g/mol. The van der Waals surface area contributed by atoms with Gasteiger partial charge in [0.2, 0.25) is 0 Å². The molecule has 0 saturated heterocycles. The molecule has 490 valence electrons. The number of nitrogens with zero attached hydrogens (tertiary/aromatic N) is 7. The van der Waals surface area contributed by atoms with Gasteiger partial charge in [-0.3, -0.25) is 4.57 Å². The number of rotatable bonds is 14. The molecule has 19 aromatic rings. The van der Waals surface area contributed by atoms with Crippen LogP contribution in [-0.4, -0.2) is 34.5 Å². The Morgan fingerprint density at radius 1 is 0.181 bits per heavy atom. The molecule has 0 aliphatic carbocycles. The Hall–Kier alpha value is -14.1. The van der Waals surface area contributed by atoms with Crippen molar-refractivity contribution in [3.63, 3.8) is 0 Å². The zero-order valence-corrected chi connectivity index (χ0v) is 57.0. The van der Waals surface area contributed by atoms with E-state index in [9.17, 15) is 0 Å². The molecule has 0 aliphatic heterocycles. The molecule has 0 spiro atoms. The molecule has 0 unspecified atom stereocenters. The van der Waals surface area contributed by atoms with Gasteiger partial charge in [0, 0.05) is 66.9 Å². The van der Waals surface area contributed by atoms with E-state index in [1.54, 1.807) is 0 Å². The second-order valence-electron chi connectivity index (χ2n) is 26.6. The molecule has 15 aromatic carbocycles. The molecule has 0 bridgehead atoms. The zero-order chi connectivity index (χ0) is 69.6. The number of aromatic nitrogens is 7. The van der Waals surface area contributed by atoms with Crippen molar-refractivity contribution in [3.05, 3.63) is 382 Å². The van der Waals surface area contributed by atoms with E-state index in [0.717, 1.165) is 173 Å². The Morgan fingerprint density at radius 2 is 0.524 bits per heavy atom. The summed E-state index contributed by atoms with van der Waals surface area (Å²) in [6.45, 7) is 0. The second-order valence-corrected chi connectivity index (χ2v) is 26.6. The van der Waals surface area contributed by atoms with Crippen LogP contribution in [0.15, 0.2) is 382 Å². The van der Waals surface area contributed by atoms with E-state index in [1.807, 2.05) is 48.5 Å². The molecule has 0 atom stereocenters. The third-order valence-electron chi connectivity index (χ3n) is 19.9. The minimum Gasteiger partial charge on any atom is -0.292 e. The van der Waals surface area contributed by atoms with Crippen LogP contribution in [0.3, 0.4) is 0 Å². The number of fused-ring (bicyclic) bond motifs is 4. The summed E-state index contributed by atoms with van der Waals surface area (Å²) in [6, 6.07) is 135. The summed E-state index contributed by atoms with van der Waals surface area (Å²) >= 11 is 0. The third-order valence-corrected chi connectivity index (χ3v) is 19.9. The summed E-state index contributed by atoms with van der Waals surface area (Å²) in [5.41, 5.74) is 25.1. The van der Waals surface area contributed by atoms with Gasteiger partial charge in [-0.05, 0) is 145 Å². The number of benzene rings is 15. The highest BCUT2D eigenvalue weighted by Crippen LogP contribution is 2.48. The van der Waals surface area contributed by atoms with E-state index in [4.69, 9.17) is 29.9 Å². The quantitative estimate of drug-likeness (QED) is 0.108. The van der Waals surface area contributed by atoms with Gasteiger partial charge in [0.15, 0.2) is 11.6 Å². The molecule has 19 rings (SSSR count). The van der Waals surface area contributed by atoms with E-state index in [0.29, 0.717) is 11.6 Å². The maximum absolute atomic E-state index is 5.75. The molecule has 0 amide bonds. The Morgan fingerprint density at radius 3 is 1.07 bits per heavy atom. The van der Waals surface area contributed by atoms with Crippen molar-refractivity contribution in [1.82, 2.24) is 34.5 Å². The molecular formula is C98H63N7.